The summed E-state index contributed by atoms with van der Waals surface area (Å²) >= 11 is 0. The topological polar surface area (TPSA) is 43.9 Å². The molecule has 7 heteroatoms. The van der Waals surface area contributed by atoms with Crippen molar-refractivity contribution in [2.45, 2.75) is 66.0 Å². The van der Waals surface area contributed by atoms with Crippen LogP contribution < -0.4 is 5.19 Å². The second kappa shape index (κ2) is 20.0. The van der Waals surface area contributed by atoms with Crippen LogP contribution >= 0.6 is 0 Å². The van der Waals surface area contributed by atoms with Crippen molar-refractivity contribution >= 4 is 67.8 Å². The molecule has 0 bridgehead atoms. The van der Waals surface area contributed by atoms with E-state index in [1.807, 2.05) is 30.5 Å². The number of furan rings is 1. The summed E-state index contributed by atoms with van der Waals surface area (Å²) in [6, 6.07) is 65.2. The Morgan fingerprint density at radius 3 is 2.00 bits per heavy atom. The minimum absolute atomic E-state index is 0. The summed E-state index contributed by atoms with van der Waals surface area (Å²) in [6.07, 6.45) is 1.93. The van der Waals surface area contributed by atoms with Crippen LogP contribution in [0.4, 0.5) is 4.39 Å². The van der Waals surface area contributed by atoms with Gasteiger partial charge in [-0.25, -0.2) is 0 Å². The molecule has 0 aliphatic carbocycles. The monoisotopic (exact) mass is 1150 g/mol. The van der Waals surface area contributed by atoms with Crippen LogP contribution in [0.25, 0.3) is 105 Å². The predicted molar refractivity (Wildman–Crippen MR) is 303 cm³/mol. The number of imidazole rings is 1. The number of nitrogens with zero attached hydrogens (tertiary/aromatic N) is 3. The molecular weight excluding hydrogens is 1090 g/mol. The molecule has 9 aromatic carbocycles. The maximum absolute atomic E-state index is 12.8. The van der Waals surface area contributed by atoms with Crippen molar-refractivity contribution in [1.82, 2.24) is 14.5 Å². The molecule has 0 unspecified atom stereocenters. The van der Waals surface area contributed by atoms with Gasteiger partial charge in [0.15, 0.2) is 0 Å². The van der Waals surface area contributed by atoms with E-state index >= 15 is 0 Å². The molecule has 0 saturated carbocycles. The number of hydrogen-bond donors (Lipinski definition) is 0. The third kappa shape index (κ3) is 9.38. The zero-order valence-corrected chi connectivity index (χ0v) is 45.3. The Kier molecular flexibility index (Phi) is 12.5. The number of pyridine rings is 1. The van der Waals surface area contributed by atoms with E-state index in [0.717, 1.165) is 66.3 Å². The molecule has 73 heavy (non-hydrogen) atoms. The minimum atomic E-state index is -2.39. The third-order valence-corrected chi connectivity index (χ3v) is 15.9. The van der Waals surface area contributed by atoms with Crippen molar-refractivity contribution in [1.29, 1.82) is 0 Å². The molecule has 4 nitrogen and oxygen atoms in total. The van der Waals surface area contributed by atoms with Gasteiger partial charge in [0, 0.05) is 47.3 Å². The number of fused-ring (bicyclic) bond motifs is 7. The second-order valence-electron chi connectivity index (χ2n) is 20.4. The van der Waals surface area contributed by atoms with Crippen LogP contribution in [0, 0.1) is 24.8 Å². The van der Waals surface area contributed by atoms with Crippen LogP contribution in [0.2, 0.25) is 19.6 Å². The fraction of sp³-hybridized carbons (Fsp3) is 0.152. The molecular formula is C66H56FIrN3OSi-2. The summed E-state index contributed by atoms with van der Waals surface area (Å²) in [5.74, 6) is 0.506. The Labute approximate surface area is 446 Å². The fourth-order valence-electron chi connectivity index (χ4n) is 9.95. The van der Waals surface area contributed by atoms with E-state index in [4.69, 9.17) is 13.5 Å². The number of rotatable bonds is 8. The van der Waals surface area contributed by atoms with Gasteiger partial charge in [-0.1, -0.05) is 174 Å². The standard InChI is InChI=1S/C52H41N2O.C14H15FNSi.Ir/c1-31(2)43-28-39(36-23-21-35(22-24-36)34-14-7-6-8-15-34)29-44(32(3)4)50(43)54-49-33(5)13-11-20-47(49)53-52(54)42-19-12-18-41-46-27-38-26-25-37-16-9-10-17-40(37)45(38)30-48(46)55-51(41)42;1-17(2,3)13-8-9-14(16-10-13)11-4-6-12(15)7-5-11;/h6-18,20-32H,1-5H3;4,6-10H,1-3H3;/q2*-1;/i5D3;;. The molecule has 363 valence electrons. The molecule has 0 saturated heterocycles. The largest absolute Gasteiger partial charge is 0.501 e. The average Bonchev–Trinajstić information content (AvgIpc) is 3.98. The summed E-state index contributed by atoms with van der Waals surface area (Å²) < 4.78 is 47.9. The summed E-state index contributed by atoms with van der Waals surface area (Å²) in [4.78, 5) is 9.72. The van der Waals surface area contributed by atoms with Crippen molar-refractivity contribution in [3.8, 4) is 50.6 Å². The Morgan fingerprint density at radius 2 is 1.33 bits per heavy atom. The molecule has 3 aromatic heterocycles. The molecule has 0 aliphatic rings. The van der Waals surface area contributed by atoms with Crippen molar-refractivity contribution < 1.29 is 33.0 Å². The van der Waals surface area contributed by atoms with E-state index < -0.39 is 14.9 Å². The molecule has 12 aromatic rings. The molecule has 12 rings (SSSR count). The quantitative estimate of drug-likeness (QED) is 0.0865. The number of para-hydroxylation sites is 1. The van der Waals surface area contributed by atoms with Crippen LogP contribution in [0.5, 0.6) is 0 Å². The number of halogens is 1. The zero-order valence-electron chi connectivity index (χ0n) is 44.9. The Morgan fingerprint density at radius 1 is 0.630 bits per heavy atom. The van der Waals surface area contributed by atoms with Gasteiger partial charge in [-0.3, -0.25) is 9.37 Å². The van der Waals surface area contributed by atoms with Crippen LogP contribution in [0.15, 0.2) is 187 Å². The number of hydrogen-bond acceptors (Lipinski definition) is 3. The maximum Gasteiger partial charge on any atom is 0.121 e. The molecule has 0 fully saturated rings. The van der Waals surface area contributed by atoms with Gasteiger partial charge in [-0.05, 0) is 120 Å². The Balaban J connectivity index is 0.000000311. The molecule has 3 heterocycles. The molecule has 0 spiro atoms. The number of benzene rings is 9. The smallest absolute Gasteiger partial charge is 0.121 e. The van der Waals surface area contributed by atoms with Gasteiger partial charge in [0.25, 0.3) is 0 Å². The van der Waals surface area contributed by atoms with Gasteiger partial charge < -0.3 is 14.0 Å². The molecule has 0 amide bonds. The molecule has 0 atom stereocenters. The van der Waals surface area contributed by atoms with Gasteiger partial charge in [0.1, 0.15) is 5.58 Å². The van der Waals surface area contributed by atoms with E-state index in [2.05, 4.69) is 190 Å². The first-order valence-electron chi connectivity index (χ1n) is 26.2. The Bertz CT molecular complexity index is 4060. The average molecular weight is 1150 g/mol. The van der Waals surface area contributed by atoms with Crippen LogP contribution in [0.1, 0.15) is 60.3 Å². The van der Waals surface area contributed by atoms with E-state index in [1.165, 1.54) is 39.2 Å². The van der Waals surface area contributed by atoms with Crippen LogP contribution in [0.3, 0.4) is 0 Å². The normalized spacial score (nSPS) is 12.5. The Hall–Kier alpha value is -7.28. The first kappa shape index (κ1) is 45.6. The minimum Gasteiger partial charge on any atom is -0.501 e. The molecule has 0 N–H and O–H groups in total. The molecule has 1 radical (unpaired) electrons. The van der Waals surface area contributed by atoms with Crippen LogP contribution in [-0.4, -0.2) is 22.6 Å². The van der Waals surface area contributed by atoms with Crippen molar-refractivity contribution in [2.75, 3.05) is 0 Å². The number of aromatic nitrogens is 3. The number of aryl methyl sites for hydroxylation is 1. The summed E-state index contributed by atoms with van der Waals surface area (Å²) in [6.45, 7) is 13.3. The van der Waals surface area contributed by atoms with E-state index in [0.29, 0.717) is 28.0 Å². The summed E-state index contributed by atoms with van der Waals surface area (Å²) in [7, 11) is -1.30. The van der Waals surface area contributed by atoms with Gasteiger partial charge in [-0.15, -0.1) is 48.0 Å². The zero-order chi connectivity index (χ0) is 52.3. The van der Waals surface area contributed by atoms with Crippen molar-refractivity contribution in [3.63, 3.8) is 0 Å². The molecule has 0 aliphatic heterocycles. The van der Waals surface area contributed by atoms with E-state index in [-0.39, 0.29) is 43.3 Å². The first-order chi connectivity index (χ1) is 36.0. The third-order valence-electron chi connectivity index (χ3n) is 13.8. The van der Waals surface area contributed by atoms with E-state index in [9.17, 15) is 4.39 Å². The van der Waals surface area contributed by atoms with Gasteiger partial charge in [-0.2, -0.15) is 0 Å². The van der Waals surface area contributed by atoms with E-state index in [1.54, 1.807) is 18.2 Å². The predicted octanol–water partition coefficient (Wildman–Crippen LogP) is 17.8. The van der Waals surface area contributed by atoms with Crippen LogP contribution in [-0.2, 0) is 20.1 Å². The van der Waals surface area contributed by atoms with Gasteiger partial charge in [0.05, 0.1) is 30.5 Å². The first-order valence-corrected chi connectivity index (χ1v) is 28.2. The summed E-state index contributed by atoms with van der Waals surface area (Å²) in [5.41, 5.74) is 12.9. The SMILES string of the molecule is C[Si](C)(C)c1ccc(-c2[c-]cc(F)cc2)nc1.[2H]C([2H])([2H])c1cccc2nc(-c3[c-]ccc4c3oc3cc5c(ccc6ccccc65)cc34)n(-c3c(C(C)C)cc(-c4ccc(-c5ccccc5)cc4)cc3C(C)C)c12.[Ir]. The fourth-order valence-corrected chi connectivity index (χ4v) is 11.0. The maximum atomic E-state index is 12.8. The van der Waals surface area contributed by atoms with Gasteiger partial charge >= 0.3 is 0 Å². The van der Waals surface area contributed by atoms with Crippen molar-refractivity contribution in [3.05, 3.63) is 217 Å². The summed E-state index contributed by atoms with van der Waals surface area (Å²) in [5, 5.41) is 7.89. The van der Waals surface area contributed by atoms with Crippen molar-refractivity contribution in [2.24, 2.45) is 0 Å². The second-order valence-corrected chi connectivity index (χ2v) is 25.4. The van der Waals surface area contributed by atoms with Gasteiger partial charge in [0.2, 0.25) is 0 Å².